The van der Waals surface area contributed by atoms with Crippen molar-refractivity contribution in [2.45, 2.75) is 55.7 Å². The molecule has 1 spiro atoms. The first-order valence-corrected chi connectivity index (χ1v) is 14.4. The van der Waals surface area contributed by atoms with Gasteiger partial charge in [0, 0.05) is 17.5 Å². The van der Waals surface area contributed by atoms with E-state index in [4.69, 9.17) is 4.74 Å². The van der Waals surface area contributed by atoms with Crippen molar-refractivity contribution in [3.05, 3.63) is 55.1 Å². The third-order valence-electron chi connectivity index (χ3n) is 8.67. The molecule has 3 saturated heterocycles. The van der Waals surface area contributed by atoms with Crippen LogP contribution in [0.25, 0.3) is 10.8 Å². The molecule has 3 fully saturated rings. The Morgan fingerprint density at radius 2 is 2.00 bits per heavy atom. The van der Waals surface area contributed by atoms with Crippen molar-refractivity contribution in [2.75, 3.05) is 24.7 Å². The molecule has 0 aliphatic carbocycles. The van der Waals surface area contributed by atoms with Crippen LogP contribution >= 0.6 is 11.8 Å². The molecule has 1 N–H and O–H groups in total. The molecule has 8 heteroatoms. The minimum atomic E-state index is -0.812. The second-order valence-corrected chi connectivity index (χ2v) is 12.1. The van der Waals surface area contributed by atoms with Crippen LogP contribution in [0.15, 0.2) is 55.1 Å². The average molecular weight is 537 g/mol. The van der Waals surface area contributed by atoms with E-state index in [0.29, 0.717) is 6.42 Å². The van der Waals surface area contributed by atoms with Gasteiger partial charge >= 0.3 is 5.97 Å². The maximum absolute atomic E-state index is 14.7. The first-order valence-electron chi connectivity index (χ1n) is 13.5. The largest absolute Gasteiger partial charge is 0.466 e. The lowest BCUT2D eigenvalue weighted by molar-refractivity contribution is -0.154. The van der Waals surface area contributed by atoms with Crippen LogP contribution in [0.1, 0.15) is 33.6 Å². The molecule has 3 unspecified atom stereocenters. The maximum atomic E-state index is 14.7. The second-order valence-electron chi connectivity index (χ2n) is 10.6. The van der Waals surface area contributed by atoms with E-state index in [9.17, 15) is 19.5 Å². The molecular formula is C30H36N2O5S. The molecule has 2 bridgehead atoms. The lowest BCUT2D eigenvalue weighted by Crippen LogP contribution is -2.59. The van der Waals surface area contributed by atoms with Crippen LogP contribution in [0.3, 0.4) is 0 Å². The van der Waals surface area contributed by atoms with Crippen LogP contribution in [0.4, 0.5) is 5.69 Å². The van der Waals surface area contributed by atoms with E-state index in [2.05, 4.69) is 13.5 Å². The Hall–Kier alpha value is -2.84. The number of carbonyl (C=O) groups excluding carboxylic acids is 3. The average Bonchev–Trinajstić information content (AvgIpc) is 3.51. The van der Waals surface area contributed by atoms with E-state index in [1.54, 1.807) is 34.6 Å². The molecule has 0 aromatic heterocycles. The smallest absolute Gasteiger partial charge is 0.310 e. The third-order valence-corrected chi connectivity index (χ3v) is 10.8. The number of rotatable bonds is 9. The van der Waals surface area contributed by atoms with E-state index >= 15 is 0 Å². The van der Waals surface area contributed by atoms with E-state index < -0.39 is 28.7 Å². The van der Waals surface area contributed by atoms with Gasteiger partial charge < -0.3 is 19.6 Å². The highest BCUT2D eigenvalue weighted by Crippen LogP contribution is 2.69. The summed E-state index contributed by atoms with van der Waals surface area (Å²) in [5.41, 5.74) is 0.727. The summed E-state index contributed by atoms with van der Waals surface area (Å²) in [6.07, 6.45) is 2.93. The van der Waals surface area contributed by atoms with Gasteiger partial charge in [-0.3, -0.25) is 14.4 Å². The Bertz CT molecular complexity index is 1260. The van der Waals surface area contributed by atoms with Crippen LogP contribution in [0.2, 0.25) is 0 Å². The number of esters is 1. The Labute approximate surface area is 228 Å². The highest BCUT2D eigenvalue weighted by Gasteiger charge is 2.77. The van der Waals surface area contributed by atoms with Gasteiger partial charge in [0.1, 0.15) is 6.04 Å². The van der Waals surface area contributed by atoms with E-state index in [-0.39, 0.29) is 48.7 Å². The molecule has 7 nitrogen and oxygen atoms in total. The zero-order valence-corrected chi connectivity index (χ0v) is 23.0. The van der Waals surface area contributed by atoms with Gasteiger partial charge in [-0.25, -0.2) is 0 Å². The quantitative estimate of drug-likeness (QED) is 0.385. The highest BCUT2D eigenvalue weighted by molar-refractivity contribution is 8.02. The predicted molar refractivity (Wildman–Crippen MR) is 150 cm³/mol. The first kappa shape index (κ1) is 26.8. The van der Waals surface area contributed by atoms with Gasteiger partial charge in [-0.05, 0) is 48.6 Å². The van der Waals surface area contributed by atoms with Gasteiger partial charge in [0.15, 0.2) is 0 Å². The molecule has 7 atom stereocenters. The molecule has 5 rings (SSSR count). The number of hydrogen-bond donors (Lipinski definition) is 1. The fourth-order valence-electron chi connectivity index (χ4n) is 7.00. The summed E-state index contributed by atoms with van der Waals surface area (Å²) in [5.74, 6) is -1.99. The molecule has 2 aromatic rings. The van der Waals surface area contributed by atoms with Gasteiger partial charge in [-0.1, -0.05) is 50.3 Å². The monoisotopic (exact) mass is 536 g/mol. The van der Waals surface area contributed by atoms with Crippen molar-refractivity contribution in [3.63, 3.8) is 0 Å². The predicted octanol–water partition coefficient (Wildman–Crippen LogP) is 4.03. The number of aliphatic hydroxyl groups is 1. The van der Waals surface area contributed by atoms with Crippen LogP contribution in [-0.4, -0.2) is 69.6 Å². The van der Waals surface area contributed by atoms with Crippen LogP contribution < -0.4 is 4.90 Å². The van der Waals surface area contributed by atoms with Gasteiger partial charge in [-0.15, -0.1) is 18.3 Å². The lowest BCUT2D eigenvalue weighted by Gasteiger charge is -2.42. The van der Waals surface area contributed by atoms with Crippen molar-refractivity contribution < 1.29 is 24.2 Å². The number of benzene rings is 2. The van der Waals surface area contributed by atoms with E-state index in [1.165, 1.54) is 0 Å². The van der Waals surface area contributed by atoms with Crippen molar-refractivity contribution in [1.82, 2.24) is 4.90 Å². The topological polar surface area (TPSA) is 87.2 Å². The molecular weight excluding hydrogens is 500 g/mol. The summed E-state index contributed by atoms with van der Waals surface area (Å²) in [6, 6.07) is 12.5. The number of thioether (sulfide) groups is 1. The molecule has 0 saturated carbocycles. The van der Waals surface area contributed by atoms with Gasteiger partial charge in [0.25, 0.3) is 5.91 Å². The summed E-state index contributed by atoms with van der Waals surface area (Å²) in [7, 11) is 0. The zero-order chi connectivity index (χ0) is 27.2. The summed E-state index contributed by atoms with van der Waals surface area (Å²) >= 11 is 1.62. The van der Waals surface area contributed by atoms with Crippen molar-refractivity contribution >= 4 is 46.0 Å². The molecule has 3 aliphatic heterocycles. The summed E-state index contributed by atoms with van der Waals surface area (Å²) in [4.78, 5) is 45.4. The standard InChI is InChI=1S/C30H36N2O5S/c1-5-14-31(22-13-12-19-10-8-9-11-20(19)16-22)28(35)26-30-18(4)15-23(38-30)24(29(36)37-7-3)25(30)27(34)32(26)21(6-2)17-33/h5,8-13,16,18,21,23-26,33H,1,6-7,14-15,17H2,2-4H3/t18?,21-,23+,24-,25-,26?,30?/m0/s1. The fraction of sp³-hybridized carbons (Fsp3) is 0.500. The van der Waals surface area contributed by atoms with Crippen molar-refractivity contribution in [1.29, 1.82) is 0 Å². The zero-order valence-electron chi connectivity index (χ0n) is 22.2. The summed E-state index contributed by atoms with van der Waals surface area (Å²) in [6.45, 7) is 9.93. The minimum absolute atomic E-state index is 0.0365. The number of ether oxygens (including phenoxy) is 1. The number of hydrogen-bond acceptors (Lipinski definition) is 6. The van der Waals surface area contributed by atoms with E-state index in [1.807, 2.05) is 49.4 Å². The van der Waals surface area contributed by atoms with Crippen LogP contribution in [0, 0.1) is 17.8 Å². The summed E-state index contributed by atoms with van der Waals surface area (Å²) in [5, 5.41) is 12.3. The Morgan fingerprint density at radius 3 is 2.66 bits per heavy atom. The first-order chi connectivity index (χ1) is 18.3. The fourth-order valence-corrected chi connectivity index (χ4v) is 9.39. The number of anilines is 1. The normalized spacial score (nSPS) is 30.4. The second kappa shape index (κ2) is 10.4. The maximum Gasteiger partial charge on any atom is 0.310 e. The Balaban J connectivity index is 1.63. The minimum Gasteiger partial charge on any atom is -0.466 e. The number of fused-ring (bicyclic) bond motifs is 2. The highest BCUT2D eigenvalue weighted by atomic mass is 32.2. The molecule has 3 heterocycles. The van der Waals surface area contributed by atoms with Crippen molar-refractivity contribution in [2.24, 2.45) is 17.8 Å². The van der Waals surface area contributed by atoms with Gasteiger partial charge in [-0.2, -0.15) is 0 Å². The molecule has 0 radical (unpaired) electrons. The summed E-state index contributed by atoms with van der Waals surface area (Å²) < 4.78 is 4.66. The Kier molecular flexibility index (Phi) is 7.31. The van der Waals surface area contributed by atoms with Crippen LogP contribution in [-0.2, 0) is 19.1 Å². The Morgan fingerprint density at radius 1 is 1.26 bits per heavy atom. The van der Waals surface area contributed by atoms with Crippen molar-refractivity contribution in [3.8, 4) is 0 Å². The lowest BCUT2D eigenvalue weighted by atomic mass is 9.66. The number of aliphatic hydroxyl groups excluding tert-OH is 1. The number of likely N-dealkylation sites (tertiary alicyclic amines) is 1. The molecule has 2 aromatic carbocycles. The molecule has 2 amide bonds. The van der Waals surface area contributed by atoms with Gasteiger partial charge in [0.2, 0.25) is 5.91 Å². The van der Waals surface area contributed by atoms with E-state index in [0.717, 1.165) is 22.9 Å². The third kappa shape index (κ3) is 3.87. The molecule has 38 heavy (non-hydrogen) atoms. The van der Waals surface area contributed by atoms with Crippen LogP contribution in [0.5, 0.6) is 0 Å². The number of nitrogens with zero attached hydrogens (tertiary/aromatic N) is 2. The molecule has 202 valence electrons. The van der Waals surface area contributed by atoms with Gasteiger partial charge in [0.05, 0.1) is 35.8 Å². The number of carbonyl (C=O) groups is 3. The molecule has 3 aliphatic rings. The SMILES string of the molecule is C=CCN(C(=O)C1N([C@@H](CC)CO)C(=O)[C@@H]2[C@@H](C(=O)OCC)[C@H]3CC(C)C12S3)c1ccc2ccccc2c1. The number of amides is 2.